The first kappa shape index (κ1) is 11.7. The minimum atomic E-state index is 0.0814. The van der Waals surface area contributed by atoms with E-state index in [9.17, 15) is 0 Å². The number of aliphatic hydroxyl groups is 1. The molecule has 1 aliphatic rings. The fourth-order valence-electron chi connectivity index (χ4n) is 1.89. The second-order valence-corrected chi connectivity index (χ2v) is 5.55. The van der Waals surface area contributed by atoms with Gasteiger partial charge in [0.15, 0.2) is 0 Å². The summed E-state index contributed by atoms with van der Waals surface area (Å²) in [6, 6.07) is 7.84. The smallest absolute Gasteiger partial charge is 0.0960 e. The van der Waals surface area contributed by atoms with E-state index in [-0.39, 0.29) is 6.61 Å². The summed E-state index contributed by atoms with van der Waals surface area (Å²) in [7, 11) is 0. The SMILES string of the molecule is OCc1cccc(NCc2csc(C3CC3)n2)c1. The number of nitrogens with one attached hydrogen (secondary N) is 1. The molecule has 0 bridgehead atoms. The fourth-order valence-corrected chi connectivity index (χ4v) is 2.88. The lowest BCUT2D eigenvalue weighted by atomic mass is 10.2. The van der Waals surface area contributed by atoms with Crippen LogP contribution in [-0.4, -0.2) is 10.1 Å². The van der Waals surface area contributed by atoms with Gasteiger partial charge >= 0.3 is 0 Å². The zero-order valence-electron chi connectivity index (χ0n) is 10.1. The standard InChI is InChI=1S/C14H16N2OS/c17-8-10-2-1-3-12(6-10)15-7-13-9-18-14(16-13)11-4-5-11/h1-3,6,9,11,15,17H,4-5,7-8H2. The van der Waals surface area contributed by atoms with Crippen LogP contribution >= 0.6 is 11.3 Å². The van der Waals surface area contributed by atoms with E-state index in [0.29, 0.717) is 0 Å². The van der Waals surface area contributed by atoms with Gasteiger partial charge in [0.2, 0.25) is 0 Å². The van der Waals surface area contributed by atoms with E-state index >= 15 is 0 Å². The van der Waals surface area contributed by atoms with Crippen molar-refractivity contribution in [3.05, 3.63) is 45.9 Å². The summed E-state index contributed by atoms with van der Waals surface area (Å²) in [6.45, 7) is 0.830. The van der Waals surface area contributed by atoms with Crippen molar-refractivity contribution in [3.63, 3.8) is 0 Å². The Kier molecular flexibility index (Phi) is 3.30. The van der Waals surface area contributed by atoms with Crippen LogP contribution in [0.4, 0.5) is 5.69 Å². The van der Waals surface area contributed by atoms with Crippen molar-refractivity contribution in [1.82, 2.24) is 4.98 Å². The Hall–Kier alpha value is -1.39. The van der Waals surface area contributed by atoms with E-state index in [1.807, 2.05) is 24.3 Å². The summed E-state index contributed by atoms with van der Waals surface area (Å²) in [5.74, 6) is 0.737. The molecule has 4 heteroatoms. The number of anilines is 1. The average Bonchev–Trinajstić information content (AvgIpc) is 3.16. The third kappa shape index (κ3) is 2.71. The van der Waals surface area contributed by atoms with Crippen LogP contribution in [-0.2, 0) is 13.2 Å². The molecule has 3 rings (SSSR count). The lowest BCUT2D eigenvalue weighted by Gasteiger charge is -2.05. The molecule has 0 saturated heterocycles. The first-order valence-corrected chi connectivity index (χ1v) is 7.11. The summed E-state index contributed by atoms with van der Waals surface area (Å²) < 4.78 is 0. The first-order chi connectivity index (χ1) is 8.85. The molecule has 3 nitrogen and oxygen atoms in total. The van der Waals surface area contributed by atoms with Crippen LogP contribution in [0.5, 0.6) is 0 Å². The third-order valence-electron chi connectivity index (χ3n) is 3.08. The van der Waals surface area contributed by atoms with Crippen LogP contribution in [0.25, 0.3) is 0 Å². The number of aliphatic hydroxyl groups excluding tert-OH is 1. The highest BCUT2D eigenvalue weighted by atomic mass is 32.1. The molecule has 1 aromatic heterocycles. The van der Waals surface area contributed by atoms with Crippen molar-refractivity contribution in [2.75, 3.05) is 5.32 Å². The van der Waals surface area contributed by atoms with Gasteiger partial charge in [-0.3, -0.25) is 0 Å². The minimum absolute atomic E-state index is 0.0814. The van der Waals surface area contributed by atoms with Gasteiger partial charge in [0.05, 0.1) is 23.9 Å². The molecule has 1 aromatic carbocycles. The molecule has 2 N–H and O–H groups in total. The number of hydrogen-bond donors (Lipinski definition) is 2. The molecule has 1 fully saturated rings. The maximum atomic E-state index is 9.08. The van der Waals surface area contributed by atoms with E-state index < -0.39 is 0 Å². The number of hydrogen-bond acceptors (Lipinski definition) is 4. The van der Waals surface area contributed by atoms with Gasteiger partial charge in [-0.15, -0.1) is 11.3 Å². The molecule has 0 spiro atoms. The molecule has 0 amide bonds. The predicted molar refractivity (Wildman–Crippen MR) is 73.8 cm³/mol. The highest BCUT2D eigenvalue weighted by Crippen LogP contribution is 2.41. The van der Waals surface area contributed by atoms with Crippen LogP contribution in [0.1, 0.15) is 35.0 Å². The zero-order valence-corrected chi connectivity index (χ0v) is 10.9. The van der Waals surface area contributed by atoms with Gasteiger partial charge in [0.25, 0.3) is 0 Å². The summed E-state index contributed by atoms with van der Waals surface area (Å²) in [5, 5.41) is 15.8. The summed E-state index contributed by atoms with van der Waals surface area (Å²) in [6.07, 6.45) is 2.61. The number of aromatic nitrogens is 1. The largest absolute Gasteiger partial charge is 0.392 e. The van der Waals surface area contributed by atoms with Gasteiger partial charge < -0.3 is 10.4 Å². The molecule has 1 aliphatic carbocycles. The van der Waals surface area contributed by atoms with E-state index in [1.54, 1.807) is 11.3 Å². The van der Waals surface area contributed by atoms with Crippen molar-refractivity contribution in [1.29, 1.82) is 0 Å². The molecule has 0 unspecified atom stereocenters. The number of rotatable bonds is 5. The van der Waals surface area contributed by atoms with Crippen LogP contribution in [0.3, 0.4) is 0 Å². The normalized spacial score (nSPS) is 14.7. The Morgan fingerprint density at radius 2 is 2.28 bits per heavy atom. The predicted octanol–water partition coefficient (Wildman–Crippen LogP) is 3.12. The second kappa shape index (κ2) is 5.08. The Balaban J connectivity index is 1.61. The van der Waals surface area contributed by atoms with Crippen molar-refractivity contribution >= 4 is 17.0 Å². The Bertz CT molecular complexity index is 534. The van der Waals surface area contributed by atoms with Crippen molar-refractivity contribution in [2.45, 2.75) is 31.9 Å². The lowest BCUT2D eigenvalue weighted by Crippen LogP contribution is -2.00. The molecule has 94 valence electrons. The maximum absolute atomic E-state index is 9.08. The highest BCUT2D eigenvalue weighted by molar-refractivity contribution is 7.09. The van der Waals surface area contributed by atoms with Crippen LogP contribution in [0, 0.1) is 0 Å². The molecular formula is C14H16N2OS. The maximum Gasteiger partial charge on any atom is 0.0960 e. The summed E-state index contributed by atoms with van der Waals surface area (Å²) >= 11 is 1.77. The van der Waals surface area contributed by atoms with Gasteiger partial charge in [-0.2, -0.15) is 0 Å². The Morgan fingerprint density at radius 1 is 1.39 bits per heavy atom. The fraction of sp³-hybridized carbons (Fsp3) is 0.357. The molecule has 1 heterocycles. The van der Waals surface area contributed by atoms with E-state index in [1.165, 1.54) is 17.8 Å². The van der Waals surface area contributed by atoms with Gasteiger partial charge in [-0.25, -0.2) is 4.98 Å². The van der Waals surface area contributed by atoms with Gasteiger partial charge in [-0.05, 0) is 30.5 Å². The van der Waals surface area contributed by atoms with Crippen molar-refractivity contribution in [2.24, 2.45) is 0 Å². The van der Waals surface area contributed by atoms with Crippen LogP contribution in [0.15, 0.2) is 29.6 Å². The lowest BCUT2D eigenvalue weighted by molar-refractivity contribution is 0.282. The van der Waals surface area contributed by atoms with E-state index in [2.05, 4.69) is 15.7 Å². The Morgan fingerprint density at radius 3 is 3.06 bits per heavy atom. The number of benzene rings is 1. The third-order valence-corrected chi connectivity index (χ3v) is 4.14. The minimum Gasteiger partial charge on any atom is -0.392 e. The van der Waals surface area contributed by atoms with Crippen LogP contribution in [0.2, 0.25) is 0 Å². The van der Waals surface area contributed by atoms with E-state index in [4.69, 9.17) is 5.11 Å². The highest BCUT2D eigenvalue weighted by Gasteiger charge is 2.26. The quantitative estimate of drug-likeness (QED) is 0.868. The molecule has 0 atom stereocenters. The molecule has 18 heavy (non-hydrogen) atoms. The molecule has 0 aliphatic heterocycles. The molecule has 0 radical (unpaired) electrons. The number of nitrogens with zero attached hydrogens (tertiary/aromatic N) is 1. The van der Waals surface area contributed by atoms with Gasteiger partial charge in [0.1, 0.15) is 0 Å². The first-order valence-electron chi connectivity index (χ1n) is 6.23. The summed E-state index contributed by atoms with van der Waals surface area (Å²) in [5.41, 5.74) is 3.07. The summed E-state index contributed by atoms with van der Waals surface area (Å²) in [4.78, 5) is 4.64. The van der Waals surface area contributed by atoms with Crippen molar-refractivity contribution in [3.8, 4) is 0 Å². The monoisotopic (exact) mass is 260 g/mol. The van der Waals surface area contributed by atoms with Gasteiger partial charge in [-0.1, -0.05) is 12.1 Å². The van der Waals surface area contributed by atoms with Crippen molar-refractivity contribution < 1.29 is 5.11 Å². The Labute approximate surface area is 111 Å². The number of thiazole rings is 1. The molecular weight excluding hydrogens is 244 g/mol. The van der Waals surface area contributed by atoms with Crippen LogP contribution < -0.4 is 5.32 Å². The molecule has 1 saturated carbocycles. The zero-order chi connectivity index (χ0) is 12.4. The average molecular weight is 260 g/mol. The molecule has 2 aromatic rings. The van der Waals surface area contributed by atoms with E-state index in [0.717, 1.165) is 29.4 Å². The van der Waals surface area contributed by atoms with Gasteiger partial charge in [0, 0.05) is 17.0 Å². The topological polar surface area (TPSA) is 45.1 Å². The second-order valence-electron chi connectivity index (χ2n) is 4.66.